The predicted molar refractivity (Wildman–Crippen MR) is 76.8 cm³/mol. The standard InChI is InChI=1S/C13H20N2O4S/c1-4-9(2)8-15-20(17,18)12-7-10(14)5-6-11(12)13(16)19-3/h5-7,9,15H,4,8,14H2,1-3H3. The zero-order valence-corrected chi connectivity index (χ0v) is 12.7. The van der Waals surface area contributed by atoms with Gasteiger partial charge >= 0.3 is 5.97 Å². The number of nitrogens with two attached hydrogens (primary N) is 1. The van der Waals surface area contributed by atoms with E-state index in [-0.39, 0.29) is 22.1 Å². The van der Waals surface area contributed by atoms with E-state index in [0.29, 0.717) is 6.54 Å². The van der Waals surface area contributed by atoms with Gasteiger partial charge < -0.3 is 10.5 Å². The fraction of sp³-hybridized carbons (Fsp3) is 0.462. The molecule has 0 aliphatic rings. The maximum absolute atomic E-state index is 12.3. The summed E-state index contributed by atoms with van der Waals surface area (Å²) in [6.07, 6.45) is 0.851. The van der Waals surface area contributed by atoms with E-state index in [1.165, 1.54) is 25.3 Å². The van der Waals surface area contributed by atoms with Gasteiger partial charge in [-0.25, -0.2) is 17.9 Å². The van der Waals surface area contributed by atoms with Crippen molar-refractivity contribution in [2.45, 2.75) is 25.2 Å². The van der Waals surface area contributed by atoms with Gasteiger partial charge in [0.1, 0.15) is 0 Å². The number of benzene rings is 1. The third-order valence-electron chi connectivity index (χ3n) is 3.02. The van der Waals surface area contributed by atoms with Gasteiger partial charge in [0, 0.05) is 12.2 Å². The lowest BCUT2D eigenvalue weighted by Gasteiger charge is -2.13. The zero-order chi connectivity index (χ0) is 15.3. The zero-order valence-electron chi connectivity index (χ0n) is 11.8. The maximum atomic E-state index is 12.3. The molecule has 0 radical (unpaired) electrons. The van der Waals surface area contributed by atoms with Crippen LogP contribution < -0.4 is 10.5 Å². The van der Waals surface area contributed by atoms with Crippen LogP contribution in [-0.2, 0) is 14.8 Å². The van der Waals surface area contributed by atoms with Crippen LogP contribution in [0.15, 0.2) is 23.1 Å². The van der Waals surface area contributed by atoms with Gasteiger partial charge in [-0.05, 0) is 24.1 Å². The lowest BCUT2D eigenvalue weighted by molar-refractivity contribution is 0.0596. The Hall–Kier alpha value is -1.60. The molecule has 1 rings (SSSR count). The number of methoxy groups -OCH3 is 1. The Bertz CT molecular complexity index is 584. The number of nitrogens with one attached hydrogen (secondary N) is 1. The average Bonchev–Trinajstić information content (AvgIpc) is 2.43. The first-order valence-corrected chi connectivity index (χ1v) is 7.77. The van der Waals surface area contributed by atoms with Crippen molar-refractivity contribution in [2.24, 2.45) is 5.92 Å². The summed E-state index contributed by atoms with van der Waals surface area (Å²) in [6.45, 7) is 4.21. The average molecular weight is 300 g/mol. The summed E-state index contributed by atoms with van der Waals surface area (Å²) in [7, 11) is -2.61. The van der Waals surface area contributed by atoms with E-state index in [1.54, 1.807) is 0 Å². The summed E-state index contributed by atoms with van der Waals surface area (Å²) < 4.78 is 31.6. The lowest BCUT2D eigenvalue weighted by atomic mass is 10.1. The highest BCUT2D eigenvalue weighted by atomic mass is 32.2. The molecule has 0 aliphatic heterocycles. The Balaban J connectivity index is 3.16. The molecule has 20 heavy (non-hydrogen) atoms. The first kappa shape index (κ1) is 16.5. The molecular weight excluding hydrogens is 280 g/mol. The number of hydrogen-bond acceptors (Lipinski definition) is 5. The predicted octanol–water partition coefficient (Wildman–Crippen LogP) is 1.38. The molecule has 1 aromatic rings. The van der Waals surface area contributed by atoms with E-state index >= 15 is 0 Å². The van der Waals surface area contributed by atoms with Crippen LogP contribution in [-0.4, -0.2) is 28.0 Å². The number of nitrogen functional groups attached to an aromatic ring is 1. The van der Waals surface area contributed by atoms with Crippen LogP contribution in [0.4, 0.5) is 5.69 Å². The second-order valence-electron chi connectivity index (χ2n) is 4.61. The van der Waals surface area contributed by atoms with E-state index in [2.05, 4.69) is 9.46 Å². The highest BCUT2D eigenvalue weighted by Gasteiger charge is 2.23. The molecule has 1 atom stereocenters. The molecular formula is C13H20N2O4S. The van der Waals surface area contributed by atoms with Crippen LogP contribution in [0.2, 0.25) is 0 Å². The number of ether oxygens (including phenoxy) is 1. The lowest BCUT2D eigenvalue weighted by Crippen LogP contribution is -2.29. The van der Waals surface area contributed by atoms with Crippen molar-refractivity contribution in [1.82, 2.24) is 4.72 Å². The number of sulfonamides is 1. The minimum atomic E-state index is -3.80. The summed E-state index contributed by atoms with van der Waals surface area (Å²) in [6, 6.07) is 4.06. The van der Waals surface area contributed by atoms with Crippen molar-refractivity contribution in [3.05, 3.63) is 23.8 Å². The molecule has 0 saturated heterocycles. The molecule has 0 aromatic heterocycles. The van der Waals surface area contributed by atoms with E-state index in [1.807, 2.05) is 13.8 Å². The number of esters is 1. The smallest absolute Gasteiger partial charge is 0.339 e. The molecule has 7 heteroatoms. The monoisotopic (exact) mass is 300 g/mol. The minimum absolute atomic E-state index is 0.0293. The topological polar surface area (TPSA) is 98.5 Å². The molecule has 0 heterocycles. The summed E-state index contributed by atoms with van der Waals surface area (Å²) in [5.41, 5.74) is 5.84. The number of hydrogen-bond donors (Lipinski definition) is 2. The first-order chi connectivity index (χ1) is 9.31. The fourth-order valence-electron chi connectivity index (χ4n) is 1.51. The van der Waals surface area contributed by atoms with Gasteiger partial charge in [0.2, 0.25) is 10.0 Å². The molecule has 0 bridgehead atoms. The Morgan fingerprint density at radius 3 is 2.65 bits per heavy atom. The Morgan fingerprint density at radius 1 is 1.45 bits per heavy atom. The van der Waals surface area contributed by atoms with Gasteiger partial charge in [-0.1, -0.05) is 20.3 Å². The molecule has 0 fully saturated rings. The normalized spacial score (nSPS) is 12.9. The van der Waals surface area contributed by atoms with Crippen LogP contribution in [0.25, 0.3) is 0 Å². The molecule has 1 unspecified atom stereocenters. The SMILES string of the molecule is CCC(C)CNS(=O)(=O)c1cc(N)ccc1C(=O)OC. The van der Waals surface area contributed by atoms with Crippen molar-refractivity contribution in [3.63, 3.8) is 0 Å². The summed E-state index contributed by atoms with van der Waals surface area (Å²) in [5.74, 6) is -0.513. The molecule has 3 N–H and O–H groups in total. The second kappa shape index (κ2) is 6.71. The Morgan fingerprint density at radius 2 is 2.10 bits per heavy atom. The third-order valence-corrected chi connectivity index (χ3v) is 4.48. The summed E-state index contributed by atoms with van der Waals surface area (Å²) >= 11 is 0. The molecule has 0 aliphatic carbocycles. The molecule has 6 nitrogen and oxygen atoms in total. The highest BCUT2D eigenvalue weighted by Crippen LogP contribution is 2.20. The summed E-state index contributed by atoms with van der Waals surface area (Å²) in [4.78, 5) is 11.5. The van der Waals surface area contributed by atoms with Gasteiger partial charge in [-0.3, -0.25) is 0 Å². The fourth-order valence-corrected chi connectivity index (χ4v) is 2.91. The van der Waals surface area contributed by atoms with E-state index in [0.717, 1.165) is 6.42 Å². The first-order valence-electron chi connectivity index (χ1n) is 6.29. The van der Waals surface area contributed by atoms with Crippen molar-refractivity contribution >= 4 is 21.7 Å². The minimum Gasteiger partial charge on any atom is -0.465 e. The van der Waals surface area contributed by atoms with Crippen molar-refractivity contribution in [1.29, 1.82) is 0 Å². The second-order valence-corrected chi connectivity index (χ2v) is 6.35. The highest BCUT2D eigenvalue weighted by molar-refractivity contribution is 7.89. The van der Waals surface area contributed by atoms with Crippen LogP contribution in [0.5, 0.6) is 0 Å². The van der Waals surface area contributed by atoms with Gasteiger partial charge in [0.05, 0.1) is 17.6 Å². The number of rotatable bonds is 6. The van der Waals surface area contributed by atoms with Crippen LogP contribution in [0, 0.1) is 5.92 Å². The van der Waals surface area contributed by atoms with Gasteiger partial charge in [-0.2, -0.15) is 0 Å². The Kier molecular flexibility index (Phi) is 5.52. The maximum Gasteiger partial charge on any atom is 0.339 e. The molecule has 0 spiro atoms. The van der Waals surface area contributed by atoms with Crippen LogP contribution >= 0.6 is 0 Å². The number of anilines is 1. The van der Waals surface area contributed by atoms with Gasteiger partial charge in [0.25, 0.3) is 0 Å². The van der Waals surface area contributed by atoms with Crippen molar-refractivity contribution in [2.75, 3.05) is 19.4 Å². The van der Waals surface area contributed by atoms with Crippen molar-refractivity contribution in [3.8, 4) is 0 Å². The molecule has 0 amide bonds. The molecule has 112 valence electrons. The third kappa shape index (κ3) is 3.94. The Labute approximate surface area is 119 Å². The van der Waals surface area contributed by atoms with E-state index in [9.17, 15) is 13.2 Å². The van der Waals surface area contributed by atoms with Gasteiger partial charge in [0.15, 0.2) is 0 Å². The summed E-state index contributed by atoms with van der Waals surface area (Å²) in [5, 5.41) is 0. The number of carbonyl (C=O) groups is 1. The molecule has 1 aromatic carbocycles. The van der Waals surface area contributed by atoms with E-state index in [4.69, 9.17) is 5.73 Å². The quantitative estimate of drug-likeness (QED) is 0.611. The van der Waals surface area contributed by atoms with Gasteiger partial charge in [-0.15, -0.1) is 0 Å². The van der Waals surface area contributed by atoms with Crippen LogP contribution in [0.3, 0.4) is 0 Å². The largest absolute Gasteiger partial charge is 0.465 e. The van der Waals surface area contributed by atoms with Crippen LogP contribution in [0.1, 0.15) is 30.6 Å². The molecule has 0 saturated carbocycles. The van der Waals surface area contributed by atoms with Crippen molar-refractivity contribution < 1.29 is 17.9 Å². The number of carbonyl (C=O) groups excluding carboxylic acids is 1. The van der Waals surface area contributed by atoms with E-state index < -0.39 is 16.0 Å².